The molecule has 1 aliphatic carbocycles. The third-order valence-electron chi connectivity index (χ3n) is 4.10. The lowest BCUT2D eigenvalue weighted by molar-refractivity contribution is 0.119. The van der Waals surface area contributed by atoms with Crippen LogP contribution >= 0.6 is 0 Å². The molecule has 0 aliphatic heterocycles. The SMILES string of the molecule is CCCC(O)C1C(C)(C)C1(C)C. The molecule has 0 aromatic carbocycles. The van der Waals surface area contributed by atoms with Crippen LogP contribution in [0.1, 0.15) is 47.5 Å². The first-order valence-corrected chi connectivity index (χ1v) is 5.03. The van der Waals surface area contributed by atoms with Gasteiger partial charge in [0.15, 0.2) is 0 Å². The molecule has 1 unspecified atom stereocenters. The monoisotopic (exact) mass is 170 g/mol. The van der Waals surface area contributed by atoms with Crippen molar-refractivity contribution in [3.63, 3.8) is 0 Å². The summed E-state index contributed by atoms with van der Waals surface area (Å²) in [5.74, 6) is 0.505. The fourth-order valence-corrected chi connectivity index (χ4v) is 2.67. The fourth-order valence-electron chi connectivity index (χ4n) is 2.67. The van der Waals surface area contributed by atoms with Gasteiger partial charge in [0, 0.05) is 0 Å². The summed E-state index contributed by atoms with van der Waals surface area (Å²) >= 11 is 0. The summed E-state index contributed by atoms with van der Waals surface area (Å²) in [6, 6.07) is 0. The molecule has 0 saturated heterocycles. The molecular weight excluding hydrogens is 148 g/mol. The minimum atomic E-state index is -0.0833. The summed E-state index contributed by atoms with van der Waals surface area (Å²) in [5.41, 5.74) is 0.670. The van der Waals surface area contributed by atoms with Crippen LogP contribution in [0.5, 0.6) is 0 Å². The lowest BCUT2D eigenvalue weighted by Gasteiger charge is -2.10. The van der Waals surface area contributed by atoms with Gasteiger partial charge >= 0.3 is 0 Å². The number of hydrogen-bond donors (Lipinski definition) is 1. The molecule has 1 fully saturated rings. The summed E-state index contributed by atoms with van der Waals surface area (Å²) in [7, 11) is 0. The van der Waals surface area contributed by atoms with Gasteiger partial charge in [-0.05, 0) is 23.2 Å². The molecule has 72 valence electrons. The van der Waals surface area contributed by atoms with Gasteiger partial charge in [0.1, 0.15) is 0 Å². The highest BCUT2D eigenvalue weighted by atomic mass is 16.3. The zero-order valence-corrected chi connectivity index (χ0v) is 9.02. The highest BCUT2D eigenvalue weighted by Crippen LogP contribution is 2.69. The third kappa shape index (κ3) is 1.19. The van der Waals surface area contributed by atoms with E-state index in [0.717, 1.165) is 12.8 Å². The Balaban J connectivity index is 2.58. The van der Waals surface area contributed by atoms with E-state index in [0.29, 0.717) is 16.7 Å². The maximum atomic E-state index is 9.86. The lowest BCUT2D eigenvalue weighted by Crippen LogP contribution is -2.13. The van der Waals surface area contributed by atoms with Gasteiger partial charge < -0.3 is 5.11 Å². The summed E-state index contributed by atoms with van der Waals surface area (Å²) in [4.78, 5) is 0. The van der Waals surface area contributed by atoms with Crippen LogP contribution in [0.25, 0.3) is 0 Å². The van der Waals surface area contributed by atoms with Gasteiger partial charge in [-0.15, -0.1) is 0 Å². The summed E-state index contributed by atoms with van der Waals surface area (Å²) in [5, 5.41) is 9.86. The first kappa shape index (κ1) is 10.0. The first-order valence-electron chi connectivity index (χ1n) is 5.03. The molecule has 0 heterocycles. The largest absolute Gasteiger partial charge is 0.393 e. The topological polar surface area (TPSA) is 20.2 Å². The average molecular weight is 170 g/mol. The van der Waals surface area contributed by atoms with Crippen LogP contribution in [0.15, 0.2) is 0 Å². The van der Waals surface area contributed by atoms with Crippen molar-refractivity contribution in [3.8, 4) is 0 Å². The van der Waals surface area contributed by atoms with Gasteiger partial charge in [0.2, 0.25) is 0 Å². The quantitative estimate of drug-likeness (QED) is 0.690. The van der Waals surface area contributed by atoms with Crippen molar-refractivity contribution in [1.82, 2.24) is 0 Å². The van der Waals surface area contributed by atoms with Crippen LogP contribution in [-0.4, -0.2) is 11.2 Å². The van der Waals surface area contributed by atoms with Gasteiger partial charge in [0.05, 0.1) is 6.10 Å². The Kier molecular flexibility index (Phi) is 2.28. The van der Waals surface area contributed by atoms with Crippen LogP contribution in [0.3, 0.4) is 0 Å². The van der Waals surface area contributed by atoms with Crippen molar-refractivity contribution in [2.45, 2.75) is 53.6 Å². The summed E-state index contributed by atoms with van der Waals surface area (Å²) < 4.78 is 0. The molecule has 1 nitrogen and oxygen atoms in total. The van der Waals surface area contributed by atoms with Crippen molar-refractivity contribution in [2.75, 3.05) is 0 Å². The first-order chi connectivity index (χ1) is 5.35. The van der Waals surface area contributed by atoms with E-state index in [1.807, 2.05) is 0 Å². The normalized spacial score (nSPS) is 28.5. The second-order valence-electron chi connectivity index (χ2n) is 5.28. The molecule has 1 heteroatoms. The van der Waals surface area contributed by atoms with Gasteiger partial charge in [-0.25, -0.2) is 0 Å². The lowest BCUT2D eigenvalue weighted by atomic mass is 10.0. The minimum Gasteiger partial charge on any atom is -0.393 e. The van der Waals surface area contributed by atoms with E-state index < -0.39 is 0 Å². The van der Waals surface area contributed by atoms with Crippen LogP contribution in [0.4, 0.5) is 0 Å². The van der Waals surface area contributed by atoms with Crippen molar-refractivity contribution in [1.29, 1.82) is 0 Å². The molecule has 1 aliphatic rings. The molecule has 1 saturated carbocycles. The van der Waals surface area contributed by atoms with E-state index in [1.165, 1.54) is 0 Å². The third-order valence-corrected chi connectivity index (χ3v) is 4.10. The van der Waals surface area contributed by atoms with E-state index in [2.05, 4.69) is 34.6 Å². The van der Waals surface area contributed by atoms with Gasteiger partial charge in [0.25, 0.3) is 0 Å². The van der Waals surface area contributed by atoms with Crippen LogP contribution in [-0.2, 0) is 0 Å². The highest BCUT2D eigenvalue weighted by Gasteiger charge is 2.66. The molecule has 0 radical (unpaired) electrons. The molecule has 12 heavy (non-hydrogen) atoms. The standard InChI is InChI=1S/C11H22O/c1-6-7-8(12)9-10(2,3)11(9,4)5/h8-9,12H,6-7H2,1-5H3. The average Bonchev–Trinajstić information content (AvgIpc) is 2.24. The maximum absolute atomic E-state index is 9.86. The Morgan fingerprint density at radius 1 is 1.17 bits per heavy atom. The molecule has 0 amide bonds. The van der Waals surface area contributed by atoms with E-state index in [9.17, 15) is 5.11 Å². The fraction of sp³-hybridized carbons (Fsp3) is 1.00. The Morgan fingerprint density at radius 2 is 1.58 bits per heavy atom. The van der Waals surface area contributed by atoms with E-state index >= 15 is 0 Å². The Hall–Kier alpha value is -0.0400. The molecule has 0 aromatic rings. The second-order valence-corrected chi connectivity index (χ2v) is 5.28. The van der Waals surface area contributed by atoms with Gasteiger partial charge in [-0.2, -0.15) is 0 Å². The number of hydrogen-bond acceptors (Lipinski definition) is 1. The Morgan fingerprint density at radius 3 is 1.83 bits per heavy atom. The maximum Gasteiger partial charge on any atom is 0.0578 e. The predicted molar refractivity (Wildman–Crippen MR) is 52.0 cm³/mol. The Bertz CT molecular complexity index is 156. The highest BCUT2D eigenvalue weighted by molar-refractivity contribution is 5.14. The van der Waals surface area contributed by atoms with E-state index in [4.69, 9.17) is 0 Å². The van der Waals surface area contributed by atoms with Gasteiger partial charge in [-0.3, -0.25) is 0 Å². The molecule has 0 spiro atoms. The molecular formula is C11H22O. The molecule has 0 aromatic heterocycles. The summed E-state index contributed by atoms with van der Waals surface area (Å²) in [6.07, 6.45) is 1.96. The summed E-state index contributed by atoms with van der Waals surface area (Å²) in [6.45, 7) is 11.2. The molecule has 0 bridgehead atoms. The zero-order valence-electron chi connectivity index (χ0n) is 9.02. The number of rotatable bonds is 3. The van der Waals surface area contributed by atoms with Crippen molar-refractivity contribution in [3.05, 3.63) is 0 Å². The van der Waals surface area contributed by atoms with Crippen molar-refractivity contribution in [2.24, 2.45) is 16.7 Å². The van der Waals surface area contributed by atoms with Crippen LogP contribution in [0, 0.1) is 16.7 Å². The van der Waals surface area contributed by atoms with Crippen LogP contribution < -0.4 is 0 Å². The van der Waals surface area contributed by atoms with Crippen molar-refractivity contribution >= 4 is 0 Å². The molecule has 1 atom stereocenters. The predicted octanol–water partition coefficient (Wildman–Crippen LogP) is 2.83. The second kappa shape index (κ2) is 2.73. The van der Waals surface area contributed by atoms with Crippen molar-refractivity contribution < 1.29 is 5.11 Å². The van der Waals surface area contributed by atoms with E-state index in [-0.39, 0.29) is 6.10 Å². The zero-order chi connectivity index (χ0) is 9.57. The van der Waals surface area contributed by atoms with Gasteiger partial charge in [-0.1, -0.05) is 41.0 Å². The Labute approximate surface area is 76.2 Å². The molecule has 1 rings (SSSR count). The minimum absolute atomic E-state index is 0.0833. The smallest absolute Gasteiger partial charge is 0.0578 e. The number of aliphatic hydroxyl groups excluding tert-OH is 1. The molecule has 1 N–H and O–H groups in total. The van der Waals surface area contributed by atoms with Crippen LogP contribution in [0.2, 0.25) is 0 Å². The number of aliphatic hydroxyl groups is 1. The van der Waals surface area contributed by atoms with E-state index in [1.54, 1.807) is 0 Å².